The molecular formula is C14H14N2O6S. The third-order valence-electron chi connectivity index (χ3n) is 2.84. The molecule has 1 aromatic carbocycles. The maximum absolute atomic E-state index is 12.2. The zero-order valence-electron chi connectivity index (χ0n) is 12.3. The lowest BCUT2D eigenvalue weighted by molar-refractivity contribution is 0.0662. The van der Waals surface area contributed by atoms with Crippen molar-refractivity contribution in [2.24, 2.45) is 0 Å². The minimum absolute atomic E-state index is 0.179. The molecule has 0 radical (unpaired) electrons. The second kappa shape index (κ2) is 6.97. The summed E-state index contributed by atoms with van der Waals surface area (Å²) in [5.74, 6) is -0.533. The minimum atomic E-state index is -1.24. The largest absolute Gasteiger partial charge is 0.497 e. The summed E-state index contributed by atoms with van der Waals surface area (Å²) < 4.78 is 15.9. The first-order valence-corrected chi connectivity index (χ1v) is 6.69. The van der Waals surface area contributed by atoms with E-state index in [1.165, 1.54) is 20.3 Å². The van der Waals surface area contributed by atoms with E-state index in [2.05, 4.69) is 18.1 Å². The molecule has 1 aromatic heterocycles. The normalized spacial score (nSPS) is 10.0. The van der Waals surface area contributed by atoms with Crippen LogP contribution in [0.1, 0.15) is 10.6 Å². The van der Waals surface area contributed by atoms with E-state index in [4.69, 9.17) is 19.0 Å². The van der Waals surface area contributed by atoms with Crippen molar-refractivity contribution in [3.05, 3.63) is 36.3 Å². The lowest BCUT2D eigenvalue weighted by Gasteiger charge is -2.15. The number of hydrogen-bond donors (Lipinski definition) is 3. The number of carbonyl (C=O) groups is 2. The van der Waals surface area contributed by atoms with Crippen molar-refractivity contribution in [2.45, 2.75) is 0 Å². The Hall–Kier alpha value is -2.81. The van der Waals surface area contributed by atoms with E-state index in [9.17, 15) is 9.59 Å². The molecule has 1 heterocycles. The molecule has 0 saturated heterocycles. The van der Waals surface area contributed by atoms with Gasteiger partial charge in [-0.05, 0) is 0 Å². The molecule has 0 aliphatic heterocycles. The fourth-order valence-corrected chi connectivity index (χ4v) is 1.88. The number of urea groups is 1. The lowest BCUT2D eigenvalue weighted by atomic mass is 10.3. The molecule has 2 aromatic rings. The van der Waals surface area contributed by atoms with Crippen LogP contribution in [-0.2, 0) is 0 Å². The van der Waals surface area contributed by atoms with Gasteiger partial charge < -0.3 is 24.3 Å². The number of rotatable bonds is 5. The first kappa shape index (κ1) is 16.6. The summed E-state index contributed by atoms with van der Waals surface area (Å²) in [4.78, 5) is 22.9. The Morgan fingerprint density at radius 3 is 2.26 bits per heavy atom. The predicted octanol–water partition coefficient (Wildman–Crippen LogP) is 2.88. The number of carboxylic acids is 1. The number of methoxy groups -OCH3 is 2. The third kappa shape index (κ3) is 3.89. The number of ether oxygens (including phenoxy) is 2. The number of thiol groups is 1. The van der Waals surface area contributed by atoms with E-state index in [1.807, 2.05) is 0 Å². The van der Waals surface area contributed by atoms with Crippen LogP contribution >= 0.6 is 12.8 Å². The minimum Gasteiger partial charge on any atom is -0.497 e. The fourth-order valence-electron chi connectivity index (χ4n) is 1.72. The van der Waals surface area contributed by atoms with Gasteiger partial charge in [0.2, 0.25) is 5.76 Å². The van der Waals surface area contributed by atoms with Crippen LogP contribution in [-0.4, -0.2) is 31.3 Å². The van der Waals surface area contributed by atoms with Crippen molar-refractivity contribution in [3.63, 3.8) is 0 Å². The Balaban J connectivity index is 2.15. The van der Waals surface area contributed by atoms with Gasteiger partial charge in [-0.3, -0.25) is 0 Å². The quantitative estimate of drug-likeness (QED) is 0.725. The zero-order chi connectivity index (χ0) is 17.0. The van der Waals surface area contributed by atoms with Gasteiger partial charge in [-0.2, -0.15) is 0 Å². The van der Waals surface area contributed by atoms with E-state index >= 15 is 0 Å². The monoisotopic (exact) mass is 338 g/mol. The molecule has 0 fully saturated rings. The molecule has 2 N–H and O–H groups in total. The summed E-state index contributed by atoms with van der Waals surface area (Å²) in [6, 6.07) is 5.42. The highest BCUT2D eigenvalue weighted by atomic mass is 32.1. The highest BCUT2D eigenvalue weighted by Crippen LogP contribution is 2.27. The molecule has 0 bridgehead atoms. The van der Waals surface area contributed by atoms with Gasteiger partial charge in [0.25, 0.3) is 0 Å². The standard InChI is InChI=1S/C14H14N2O6S/c1-20-10-3-8(4-11(6-10)21-2)15-14(19)16(23)9-5-12(13(17)18)22-7-9/h3-7,23H,1-2H3,(H,15,19)(H,17,18). The Bertz CT molecular complexity index is 708. The molecule has 0 unspecified atom stereocenters. The first-order valence-electron chi connectivity index (χ1n) is 6.29. The van der Waals surface area contributed by atoms with Crippen LogP contribution in [0.15, 0.2) is 34.9 Å². The van der Waals surface area contributed by atoms with Gasteiger partial charge >= 0.3 is 12.0 Å². The SMILES string of the molecule is COc1cc(NC(=O)N(S)c2coc(C(=O)O)c2)cc(OC)c1. The number of amides is 2. The average Bonchev–Trinajstić information content (AvgIpc) is 3.03. The van der Waals surface area contributed by atoms with Crippen molar-refractivity contribution in [2.75, 3.05) is 23.8 Å². The zero-order valence-corrected chi connectivity index (χ0v) is 13.2. The lowest BCUT2D eigenvalue weighted by Crippen LogP contribution is -2.26. The molecule has 2 amide bonds. The summed E-state index contributed by atoms with van der Waals surface area (Å²) >= 11 is 4.03. The van der Waals surface area contributed by atoms with Crippen molar-refractivity contribution < 1.29 is 28.6 Å². The molecule has 0 spiro atoms. The number of carboxylic acid groups (broad SMARTS) is 1. The second-order valence-corrected chi connectivity index (χ2v) is 4.72. The first-order chi connectivity index (χ1) is 10.9. The van der Waals surface area contributed by atoms with Crippen molar-refractivity contribution in [1.29, 1.82) is 0 Å². The molecule has 0 atom stereocenters. The Morgan fingerprint density at radius 1 is 1.17 bits per heavy atom. The fraction of sp³-hybridized carbons (Fsp3) is 0.143. The van der Waals surface area contributed by atoms with Crippen molar-refractivity contribution in [3.8, 4) is 11.5 Å². The van der Waals surface area contributed by atoms with Crippen LogP contribution in [0.25, 0.3) is 0 Å². The highest BCUT2D eigenvalue weighted by molar-refractivity contribution is 7.82. The molecule has 2 rings (SSSR count). The molecule has 122 valence electrons. The van der Waals surface area contributed by atoms with Gasteiger partial charge in [0.15, 0.2) is 0 Å². The van der Waals surface area contributed by atoms with Crippen LogP contribution in [0.3, 0.4) is 0 Å². The maximum atomic E-state index is 12.2. The number of furan rings is 1. The van der Waals surface area contributed by atoms with Gasteiger partial charge in [-0.15, -0.1) is 0 Å². The van der Waals surface area contributed by atoms with E-state index < -0.39 is 12.0 Å². The summed E-state index contributed by atoms with van der Waals surface area (Å²) in [6.45, 7) is 0. The molecule has 0 aliphatic rings. The number of anilines is 2. The number of carbonyl (C=O) groups excluding carboxylic acids is 1. The second-order valence-electron chi connectivity index (χ2n) is 4.32. The Kier molecular flexibility index (Phi) is 5.02. The number of nitrogens with one attached hydrogen (secondary N) is 1. The van der Waals surface area contributed by atoms with Crippen LogP contribution < -0.4 is 19.1 Å². The topological polar surface area (TPSA) is 101 Å². The van der Waals surface area contributed by atoms with Crippen molar-refractivity contribution >= 4 is 36.2 Å². The number of nitrogens with zero attached hydrogens (tertiary/aromatic N) is 1. The smallest absolute Gasteiger partial charge is 0.371 e. The van der Waals surface area contributed by atoms with E-state index in [-0.39, 0.29) is 11.4 Å². The predicted molar refractivity (Wildman–Crippen MR) is 85.7 cm³/mol. The van der Waals surface area contributed by atoms with E-state index in [0.29, 0.717) is 17.2 Å². The Labute approximate surface area is 137 Å². The number of benzene rings is 1. The molecular weight excluding hydrogens is 324 g/mol. The summed E-state index contributed by atoms with van der Waals surface area (Å²) in [5.41, 5.74) is 0.602. The van der Waals surface area contributed by atoms with Gasteiger partial charge in [0.1, 0.15) is 17.8 Å². The Morgan fingerprint density at radius 2 is 1.78 bits per heavy atom. The van der Waals surface area contributed by atoms with E-state index in [0.717, 1.165) is 10.6 Å². The summed E-state index contributed by atoms with van der Waals surface area (Å²) in [6.07, 6.45) is 1.11. The average molecular weight is 338 g/mol. The number of hydrogen-bond acceptors (Lipinski definition) is 6. The van der Waals surface area contributed by atoms with Gasteiger partial charge in [-0.1, -0.05) is 12.8 Å². The van der Waals surface area contributed by atoms with Crippen LogP contribution in [0, 0.1) is 0 Å². The van der Waals surface area contributed by atoms with Gasteiger partial charge in [-0.25, -0.2) is 13.9 Å². The van der Waals surface area contributed by atoms with Crippen molar-refractivity contribution in [1.82, 2.24) is 0 Å². The van der Waals surface area contributed by atoms with Gasteiger partial charge in [0, 0.05) is 30.0 Å². The number of aromatic carboxylic acids is 1. The van der Waals surface area contributed by atoms with Crippen LogP contribution in [0.5, 0.6) is 11.5 Å². The van der Waals surface area contributed by atoms with Gasteiger partial charge in [0.05, 0.1) is 19.9 Å². The maximum Gasteiger partial charge on any atom is 0.371 e. The highest BCUT2D eigenvalue weighted by Gasteiger charge is 2.18. The molecule has 0 saturated carbocycles. The molecule has 8 nitrogen and oxygen atoms in total. The van der Waals surface area contributed by atoms with E-state index in [1.54, 1.807) is 18.2 Å². The molecule has 9 heteroatoms. The summed E-state index contributed by atoms with van der Waals surface area (Å²) in [7, 11) is 2.98. The molecule has 0 aliphatic carbocycles. The van der Waals surface area contributed by atoms with Crippen LogP contribution in [0.4, 0.5) is 16.2 Å². The third-order valence-corrected chi connectivity index (χ3v) is 3.25. The summed E-state index contributed by atoms with van der Waals surface area (Å²) in [5, 5.41) is 11.4. The van der Waals surface area contributed by atoms with Crippen LogP contribution in [0.2, 0.25) is 0 Å². The molecule has 23 heavy (non-hydrogen) atoms.